The number of rotatable bonds is 4. The summed E-state index contributed by atoms with van der Waals surface area (Å²) in [4.78, 5) is 15.3. The highest BCUT2D eigenvalue weighted by molar-refractivity contribution is 6.37. The number of aliphatic imine (C=N–C) groups is 1. The maximum atomic E-state index is 11.2. The topological polar surface area (TPSA) is 69.9 Å². The number of hydrogen-bond donors (Lipinski definition) is 2. The van der Waals surface area contributed by atoms with Gasteiger partial charge in [0.2, 0.25) is 0 Å². The first-order chi connectivity index (χ1) is 9.41. The molecule has 0 unspecified atom stereocenters. The van der Waals surface area contributed by atoms with Crippen LogP contribution < -0.4 is 0 Å². The summed E-state index contributed by atoms with van der Waals surface area (Å²) in [5, 5.41) is 20.0. The molecule has 1 aromatic rings. The first kappa shape index (κ1) is 14.9. The van der Waals surface area contributed by atoms with Crippen molar-refractivity contribution in [3.05, 3.63) is 38.9 Å². The van der Waals surface area contributed by atoms with Gasteiger partial charge in [-0.25, -0.2) is 4.79 Å². The Bertz CT molecular complexity index is 619. The number of hydrogen-bond acceptors (Lipinski definition) is 3. The number of benzene rings is 1. The molecule has 1 saturated carbocycles. The Hall–Kier alpha value is -1.52. The van der Waals surface area contributed by atoms with E-state index in [1.54, 1.807) is 13.0 Å². The van der Waals surface area contributed by atoms with E-state index in [2.05, 4.69) is 4.99 Å². The lowest BCUT2D eigenvalue weighted by molar-refractivity contribution is -0.132. The predicted molar refractivity (Wildman–Crippen MR) is 79.9 cm³/mol. The summed E-state index contributed by atoms with van der Waals surface area (Å²) in [5.74, 6) is -1.66. The monoisotopic (exact) mass is 313 g/mol. The minimum Gasteiger partial charge on any atom is -0.506 e. The number of halogens is 2. The van der Waals surface area contributed by atoms with Gasteiger partial charge in [0, 0.05) is 16.8 Å². The third-order valence-electron chi connectivity index (χ3n) is 3.02. The zero-order valence-corrected chi connectivity index (χ0v) is 12.2. The van der Waals surface area contributed by atoms with Gasteiger partial charge in [-0.3, -0.25) is 4.99 Å². The summed E-state index contributed by atoms with van der Waals surface area (Å²) in [6.07, 6.45) is 3.09. The number of aliphatic hydroxyl groups is 1. The van der Waals surface area contributed by atoms with Crippen LogP contribution in [0.2, 0.25) is 10.0 Å². The van der Waals surface area contributed by atoms with Crippen molar-refractivity contribution in [2.24, 2.45) is 4.99 Å². The van der Waals surface area contributed by atoms with Crippen LogP contribution in [0.15, 0.2) is 22.7 Å². The smallest absolute Gasteiger partial charge is 0.341 e. The zero-order chi connectivity index (χ0) is 14.9. The normalized spacial score (nSPS) is 16.4. The Morgan fingerprint density at radius 1 is 1.35 bits per heavy atom. The summed E-state index contributed by atoms with van der Waals surface area (Å²) in [6.45, 7) is 1.69. The molecule has 0 aliphatic heterocycles. The number of aliphatic hydroxyl groups excluding tert-OH is 1. The third-order valence-corrected chi connectivity index (χ3v) is 3.92. The number of carboxylic acid groups (broad SMARTS) is 1. The highest BCUT2D eigenvalue weighted by Crippen LogP contribution is 2.32. The molecular weight excluding hydrogens is 301 g/mol. The average Bonchev–Trinajstić information content (AvgIpc) is 3.20. The van der Waals surface area contributed by atoms with Gasteiger partial charge in [0.25, 0.3) is 0 Å². The van der Waals surface area contributed by atoms with Crippen LogP contribution in [0, 0.1) is 6.92 Å². The molecule has 1 aliphatic rings. The summed E-state index contributed by atoms with van der Waals surface area (Å²) < 4.78 is 0. The second kappa shape index (κ2) is 5.85. The van der Waals surface area contributed by atoms with E-state index in [1.807, 2.05) is 0 Å². The van der Waals surface area contributed by atoms with E-state index < -0.39 is 11.7 Å². The van der Waals surface area contributed by atoms with Crippen LogP contribution in [0.3, 0.4) is 0 Å². The van der Waals surface area contributed by atoms with Gasteiger partial charge >= 0.3 is 5.97 Å². The molecule has 0 amide bonds. The SMILES string of the molecule is Cc1c(Cl)ccc(C(O)=C(C=NC2CC2)C(=O)O)c1Cl. The third kappa shape index (κ3) is 3.14. The van der Waals surface area contributed by atoms with E-state index in [4.69, 9.17) is 23.2 Å². The van der Waals surface area contributed by atoms with E-state index in [-0.39, 0.29) is 22.2 Å². The average molecular weight is 314 g/mol. The summed E-state index contributed by atoms with van der Waals surface area (Å²) >= 11 is 12.0. The van der Waals surface area contributed by atoms with Crippen molar-refractivity contribution >= 4 is 41.1 Å². The van der Waals surface area contributed by atoms with Gasteiger partial charge in [0.05, 0.1) is 11.1 Å². The fraction of sp³-hybridized carbons (Fsp3) is 0.286. The van der Waals surface area contributed by atoms with Crippen molar-refractivity contribution in [1.29, 1.82) is 0 Å². The minimum atomic E-state index is -1.25. The molecule has 6 heteroatoms. The molecule has 4 nitrogen and oxygen atoms in total. The molecule has 0 aromatic heterocycles. The Kier molecular flexibility index (Phi) is 4.35. The van der Waals surface area contributed by atoms with Crippen molar-refractivity contribution < 1.29 is 15.0 Å². The molecule has 2 N–H and O–H groups in total. The standard InChI is InChI=1S/C14H13Cl2NO3/c1-7-11(15)5-4-9(12(7)16)13(18)10(14(19)20)6-17-8-2-3-8/h4-6,8,18H,2-3H2,1H3,(H,19,20). The molecule has 0 bridgehead atoms. The lowest BCUT2D eigenvalue weighted by Crippen LogP contribution is -2.07. The largest absolute Gasteiger partial charge is 0.506 e. The molecule has 2 rings (SSSR count). The van der Waals surface area contributed by atoms with E-state index in [1.165, 1.54) is 12.3 Å². The van der Waals surface area contributed by atoms with Gasteiger partial charge in [0.1, 0.15) is 11.3 Å². The molecular formula is C14H13Cl2NO3. The van der Waals surface area contributed by atoms with Gasteiger partial charge in [-0.2, -0.15) is 0 Å². The number of carbonyl (C=O) groups is 1. The fourth-order valence-electron chi connectivity index (χ4n) is 1.61. The Morgan fingerprint density at radius 2 is 2.00 bits per heavy atom. The molecule has 0 heterocycles. The Labute approximate surface area is 126 Å². The molecule has 20 heavy (non-hydrogen) atoms. The number of aliphatic carboxylic acids is 1. The molecule has 0 atom stereocenters. The lowest BCUT2D eigenvalue weighted by atomic mass is 10.1. The predicted octanol–water partition coefficient (Wildman–Crippen LogP) is 3.89. The highest BCUT2D eigenvalue weighted by atomic mass is 35.5. The maximum absolute atomic E-state index is 11.2. The van der Waals surface area contributed by atoms with Crippen molar-refractivity contribution in [1.82, 2.24) is 0 Å². The fourth-order valence-corrected chi connectivity index (χ4v) is 2.07. The van der Waals surface area contributed by atoms with Crippen LogP contribution in [-0.2, 0) is 4.79 Å². The van der Waals surface area contributed by atoms with E-state index >= 15 is 0 Å². The van der Waals surface area contributed by atoms with Crippen molar-refractivity contribution in [3.8, 4) is 0 Å². The molecule has 0 radical (unpaired) electrons. The van der Waals surface area contributed by atoms with E-state index in [0.717, 1.165) is 12.8 Å². The molecule has 1 fully saturated rings. The van der Waals surface area contributed by atoms with E-state index in [0.29, 0.717) is 10.6 Å². The minimum absolute atomic E-state index is 0.166. The number of carboxylic acids is 1. The summed E-state index contributed by atoms with van der Waals surface area (Å²) in [5.41, 5.74) is 0.537. The molecule has 106 valence electrons. The Balaban J connectivity index is 2.48. The van der Waals surface area contributed by atoms with Crippen LogP contribution >= 0.6 is 23.2 Å². The van der Waals surface area contributed by atoms with Crippen molar-refractivity contribution in [2.45, 2.75) is 25.8 Å². The van der Waals surface area contributed by atoms with Gasteiger partial charge in [0.15, 0.2) is 0 Å². The Morgan fingerprint density at radius 3 is 2.55 bits per heavy atom. The summed E-state index contributed by atoms with van der Waals surface area (Å²) in [7, 11) is 0. The van der Waals surface area contributed by atoms with Crippen molar-refractivity contribution in [2.75, 3.05) is 0 Å². The second-order valence-corrected chi connectivity index (χ2v) is 5.40. The van der Waals surface area contributed by atoms with E-state index in [9.17, 15) is 15.0 Å². The quantitative estimate of drug-likeness (QED) is 0.503. The van der Waals surface area contributed by atoms with Crippen LogP contribution in [0.1, 0.15) is 24.0 Å². The zero-order valence-electron chi connectivity index (χ0n) is 10.7. The van der Waals surface area contributed by atoms with Gasteiger partial charge in [-0.05, 0) is 37.5 Å². The molecule has 1 aromatic carbocycles. The van der Waals surface area contributed by atoms with Crippen LogP contribution in [0.25, 0.3) is 5.76 Å². The number of nitrogens with zero attached hydrogens (tertiary/aromatic N) is 1. The van der Waals surface area contributed by atoms with Gasteiger partial charge in [-0.1, -0.05) is 23.2 Å². The molecule has 0 saturated heterocycles. The molecule has 1 aliphatic carbocycles. The van der Waals surface area contributed by atoms with Crippen LogP contribution in [-0.4, -0.2) is 28.4 Å². The first-order valence-electron chi connectivity index (χ1n) is 6.06. The first-order valence-corrected chi connectivity index (χ1v) is 6.82. The van der Waals surface area contributed by atoms with Gasteiger partial charge < -0.3 is 10.2 Å². The second-order valence-electron chi connectivity index (χ2n) is 4.61. The highest BCUT2D eigenvalue weighted by Gasteiger charge is 2.22. The molecule has 0 spiro atoms. The maximum Gasteiger partial charge on any atom is 0.341 e. The lowest BCUT2D eigenvalue weighted by Gasteiger charge is -2.09. The van der Waals surface area contributed by atoms with Gasteiger partial charge in [-0.15, -0.1) is 0 Å². The van der Waals surface area contributed by atoms with Crippen molar-refractivity contribution in [3.63, 3.8) is 0 Å². The van der Waals surface area contributed by atoms with Crippen LogP contribution in [0.5, 0.6) is 0 Å². The summed E-state index contributed by atoms with van der Waals surface area (Å²) in [6, 6.07) is 3.21. The van der Waals surface area contributed by atoms with Crippen LogP contribution in [0.4, 0.5) is 0 Å².